The second-order valence-corrected chi connectivity index (χ2v) is 8.15. The lowest BCUT2D eigenvalue weighted by molar-refractivity contribution is 0.602. The number of nitrogens with zero attached hydrogens (tertiary/aromatic N) is 3. The number of hydrogen-bond acceptors (Lipinski definition) is 6. The average molecular weight is 365 g/mol. The number of rotatable bonds is 5. The van der Waals surface area contributed by atoms with Crippen LogP contribution >= 0.6 is 23.1 Å². The Labute approximate surface area is 146 Å². The van der Waals surface area contributed by atoms with Gasteiger partial charge >= 0.3 is 5.69 Å². The molecule has 0 aliphatic rings. The van der Waals surface area contributed by atoms with Gasteiger partial charge in [0.1, 0.15) is 10.7 Å². The van der Waals surface area contributed by atoms with Crippen LogP contribution in [0.25, 0.3) is 10.2 Å². The largest absolute Gasteiger partial charge is 0.343 e. The first-order valence-electron chi connectivity index (χ1n) is 7.74. The molecule has 0 unspecified atom stereocenters. The van der Waals surface area contributed by atoms with Crippen molar-refractivity contribution in [1.29, 1.82) is 0 Å². The molecule has 0 aromatic carbocycles. The topological polar surface area (TPSA) is 96.4 Å². The van der Waals surface area contributed by atoms with E-state index in [0.717, 1.165) is 21.7 Å². The number of nitrogens with one attached hydrogen (secondary N) is 2. The Kier molecular flexibility index (Phi) is 4.64. The van der Waals surface area contributed by atoms with Crippen LogP contribution in [0.3, 0.4) is 0 Å². The van der Waals surface area contributed by atoms with E-state index in [9.17, 15) is 9.59 Å². The van der Waals surface area contributed by atoms with E-state index in [4.69, 9.17) is 0 Å². The maximum atomic E-state index is 12.4. The molecule has 3 rings (SSSR count). The van der Waals surface area contributed by atoms with Crippen LogP contribution in [0.1, 0.15) is 41.8 Å². The van der Waals surface area contributed by atoms with Gasteiger partial charge in [-0.3, -0.25) is 9.36 Å². The summed E-state index contributed by atoms with van der Waals surface area (Å²) in [6.07, 6.45) is 0.843. The number of thiophene rings is 1. The van der Waals surface area contributed by atoms with Crippen LogP contribution in [-0.4, -0.2) is 24.7 Å². The smallest absolute Gasteiger partial charge is 0.309 e. The number of fused-ring (bicyclic) bond motifs is 1. The zero-order chi connectivity index (χ0) is 17.4. The normalized spacial score (nSPS) is 12.8. The van der Waals surface area contributed by atoms with Crippen molar-refractivity contribution in [2.75, 3.05) is 0 Å². The highest BCUT2D eigenvalue weighted by Gasteiger charge is 2.18. The van der Waals surface area contributed by atoms with Gasteiger partial charge in [0.05, 0.1) is 10.6 Å². The van der Waals surface area contributed by atoms with Gasteiger partial charge in [0.25, 0.3) is 5.56 Å². The lowest BCUT2D eigenvalue weighted by Crippen LogP contribution is -2.17. The van der Waals surface area contributed by atoms with Gasteiger partial charge in [-0.05, 0) is 32.8 Å². The Morgan fingerprint density at radius 1 is 1.33 bits per heavy atom. The summed E-state index contributed by atoms with van der Waals surface area (Å²) in [4.78, 5) is 33.5. The number of aromatic amines is 2. The van der Waals surface area contributed by atoms with Gasteiger partial charge in [0.15, 0.2) is 5.16 Å². The van der Waals surface area contributed by atoms with Crippen LogP contribution in [0.5, 0.6) is 0 Å². The number of hydrogen-bond donors (Lipinski definition) is 2. The van der Waals surface area contributed by atoms with E-state index in [1.165, 1.54) is 23.1 Å². The molecule has 0 saturated heterocycles. The van der Waals surface area contributed by atoms with E-state index in [1.54, 1.807) is 4.57 Å². The molecule has 0 radical (unpaired) electrons. The zero-order valence-electron chi connectivity index (χ0n) is 14.0. The van der Waals surface area contributed by atoms with Crippen molar-refractivity contribution in [2.45, 2.75) is 51.1 Å². The highest BCUT2D eigenvalue weighted by Crippen LogP contribution is 2.33. The molecule has 0 saturated carbocycles. The minimum Gasteiger partial charge on any atom is -0.309 e. The standard InChI is InChI=1S/C15H19N5O2S2/c1-5-6-20-14(22)18-19-15(20)24-9(4)11-16-12(21)10-7(2)8(3)23-13(10)17-11/h9H,5-6H2,1-4H3,(H,18,22)(H,16,17,21)/t9-/m1/s1. The molecule has 3 heterocycles. The molecule has 3 aromatic heterocycles. The Hall–Kier alpha value is -1.87. The third-order valence-corrected chi connectivity index (χ3v) is 6.10. The highest BCUT2D eigenvalue weighted by atomic mass is 32.2. The summed E-state index contributed by atoms with van der Waals surface area (Å²) in [6, 6.07) is 0. The van der Waals surface area contributed by atoms with E-state index < -0.39 is 0 Å². The van der Waals surface area contributed by atoms with Crippen molar-refractivity contribution < 1.29 is 0 Å². The molecule has 0 spiro atoms. The number of thioether (sulfide) groups is 1. The Balaban J connectivity index is 1.96. The van der Waals surface area contributed by atoms with Crippen LogP contribution in [-0.2, 0) is 6.54 Å². The first-order chi connectivity index (χ1) is 11.4. The van der Waals surface area contributed by atoms with Crippen molar-refractivity contribution in [3.8, 4) is 0 Å². The lowest BCUT2D eigenvalue weighted by Gasteiger charge is -2.10. The van der Waals surface area contributed by atoms with E-state index in [1.807, 2.05) is 27.7 Å². The van der Waals surface area contributed by atoms with Gasteiger partial charge in [-0.25, -0.2) is 14.9 Å². The summed E-state index contributed by atoms with van der Waals surface area (Å²) < 4.78 is 1.61. The van der Waals surface area contributed by atoms with Crippen molar-refractivity contribution in [3.63, 3.8) is 0 Å². The molecule has 128 valence electrons. The Bertz CT molecular complexity index is 998. The molecule has 24 heavy (non-hydrogen) atoms. The predicted octanol–water partition coefficient (Wildman–Crippen LogP) is 2.75. The van der Waals surface area contributed by atoms with E-state index in [0.29, 0.717) is 22.9 Å². The SMILES string of the molecule is CCCn1c(S[C@H](C)c2nc3sc(C)c(C)c3c(=O)[nH]2)n[nH]c1=O. The van der Waals surface area contributed by atoms with E-state index in [2.05, 4.69) is 20.2 Å². The van der Waals surface area contributed by atoms with Crippen molar-refractivity contribution in [1.82, 2.24) is 24.7 Å². The van der Waals surface area contributed by atoms with Crippen LogP contribution in [0.15, 0.2) is 14.7 Å². The maximum Gasteiger partial charge on any atom is 0.343 e. The number of aryl methyl sites for hydroxylation is 2. The molecule has 7 nitrogen and oxygen atoms in total. The molecule has 1 atom stereocenters. The zero-order valence-corrected chi connectivity index (χ0v) is 15.6. The Morgan fingerprint density at radius 2 is 2.08 bits per heavy atom. The molecular formula is C15H19N5O2S2. The van der Waals surface area contributed by atoms with Gasteiger partial charge in [0.2, 0.25) is 0 Å². The molecule has 0 fully saturated rings. The first-order valence-corrected chi connectivity index (χ1v) is 9.43. The third-order valence-electron chi connectivity index (χ3n) is 3.90. The number of aromatic nitrogens is 5. The van der Waals surface area contributed by atoms with Gasteiger partial charge in [-0.1, -0.05) is 18.7 Å². The second kappa shape index (κ2) is 6.56. The molecule has 2 N–H and O–H groups in total. The summed E-state index contributed by atoms with van der Waals surface area (Å²) >= 11 is 2.93. The van der Waals surface area contributed by atoms with Crippen molar-refractivity contribution >= 4 is 33.3 Å². The summed E-state index contributed by atoms with van der Waals surface area (Å²) in [6.45, 7) is 8.49. The molecule has 0 aliphatic heterocycles. The summed E-state index contributed by atoms with van der Waals surface area (Å²) in [5.41, 5.74) is 0.657. The maximum absolute atomic E-state index is 12.4. The fourth-order valence-corrected chi connectivity index (χ4v) is 4.47. The fraction of sp³-hybridized carbons (Fsp3) is 0.467. The van der Waals surface area contributed by atoms with Gasteiger partial charge in [-0.2, -0.15) is 0 Å². The number of H-pyrrole nitrogens is 2. The van der Waals surface area contributed by atoms with Crippen molar-refractivity contribution in [3.05, 3.63) is 37.1 Å². The van der Waals surface area contributed by atoms with Gasteiger partial charge < -0.3 is 4.98 Å². The molecule has 9 heteroatoms. The first kappa shape index (κ1) is 17.0. The Morgan fingerprint density at radius 3 is 2.79 bits per heavy atom. The summed E-state index contributed by atoms with van der Waals surface area (Å²) in [7, 11) is 0. The van der Waals surface area contributed by atoms with E-state index in [-0.39, 0.29) is 16.5 Å². The van der Waals surface area contributed by atoms with Crippen LogP contribution in [0.4, 0.5) is 0 Å². The molecular weight excluding hydrogens is 346 g/mol. The minimum atomic E-state index is -0.215. The highest BCUT2D eigenvalue weighted by molar-refractivity contribution is 7.99. The molecule has 0 aliphatic carbocycles. The van der Waals surface area contributed by atoms with Gasteiger partial charge in [-0.15, -0.1) is 16.4 Å². The fourth-order valence-electron chi connectivity index (χ4n) is 2.49. The molecule has 0 bridgehead atoms. The van der Waals surface area contributed by atoms with Crippen LogP contribution in [0, 0.1) is 13.8 Å². The van der Waals surface area contributed by atoms with Crippen LogP contribution in [0.2, 0.25) is 0 Å². The summed E-state index contributed by atoms with van der Waals surface area (Å²) in [5.74, 6) is 0.595. The quantitative estimate of drug-likeness (QED) is 0.678. The second-order valence-electron chi connectivity index (χ2n) is 5.64. The van der Waals surface area contributed by atoms with E-state index >= 15 is 0 Å². The molecule has 0 amide bonds. The molecule has 3 aromatic rings. The summed E-state index contributed by atoms with van der Waals surface area (Å²) in [5, 5.41) is 7.70. The van der Waals surface area contributed by atoms with Crippen molar-refractivity contribution in [2.24, 2.45) is 0 Å². The minimum absolute atomic E-state index is 0.114. The van der Waals surface area contributed by atoms with Crippen LogP contribution < -0.4 is 11.2 Å². The third kappa shape index (κ3) is 2.93. The van der Waals surface area contributed by atoms with Gasteiger partial charge in [0, 0.05) is 11.4 Å². The monoisotopic (exact) mass is 365 g/mol. The lowest BCUT2D eigenvalue weighted by atomic mass is 10.2. The predicted molar refractivity (Wildman–Crippen MR) is 97.1 cm³/mol. The average Bonchev–Trinajstić information content (AvgIpc) is 3.01.